The summed E-state index contributed by atoms with van der Waals surface area (Å²) >= 11 is 0. The highest BCUT2D eigenvalue weighted by atomic mass is 32.2. The van der Waals surface area contributed by atoms with Crippen LogP contribution >= 0.6 is 0 Å². The minimum Gasteiger partial charge on any atom is -0.497 e. The summed E-state index contributed by atoms with van der Waals surface area (Å²) < 4.78 is 32.9. The summed E-state index contributed by atoms with van der Waals surface area (Å²) in [6, 6.07) is 7.63. The number of methoxy groups -OCH3 is 1. The molecule has 1 heterocycles. The molecule has 2 aliphatic rings. The Bertz CT molecular complexity index is 711. The van der Waals surface area contributed by atoms with Gasteiger partial charge in [-0.2, -0.15) is 8.42 Å². The maximum Gasteiger partial charge on any atom is 0.264 e. The smallest absolute Gasteiger partial charge is 0.264 e. The fraction of sp³-hybridized carbons (Fsp3) is 0.588. The van der Waals surface area contributed by atoms with E-state index in [2.05, 4.69) is 0 Å². The van der Waals surface area contributed by atoms with E-state index in [0.717, 1.165) is 30.4 Å². The average molecular weight is 353 g/mol. The van der Waals surface area contributed by atoms with Crippen LogP contribution in [0.2, 0.25) is 0 Å². The minimum atomic E-state index is -3.55. The van der Waals surface area contributed by atoms with E-state index in [1.807, 2.05) is 29.2 Å². The second-order valence-corrected chi connectivity index (χ2v) is 8.37. The summed E-state index contributed by atoms with van der Waals surface area (Å²) in [5.41, 5.74) is 0.356. The van der Waals surface area contributed by atoms with Crippen molar-refractivity contribution in [3.63, 3.8) is 0 Å². The van der Waals surface area contributed by atoms with Crippen molar-refractivity contribution in [3.8, 4) is 5.75 Å². The normalized spacial score (nSPS) is 24.4. The Balaban J connectivity index is 1.71. The SMILES string of the molecule is COc1ccc(CN2CC[C@@](COS(C)(=O)=O)(C3CC3)C2=O)cc1. The van der Waals surface area contributed by atoms with E-state index in [1.165, 1.54) is 0 Å². The molecule has 0 spiro atoms. The number of amides is 1. The van der Waals surface area contributed by atoms with Crippen molar-refractivity contribution >= 4 is 16.0 Å². The molecule has 1 aliphatic carbocycles. The molecule has 1 amide bonds. The van der Waals surface area contributed by atoms with Crippen LogP contribution in [0, 0.1) is 11.3 Å². The first kappa shape index (κ1) is 17.2. The summed E-state index contributed by atoms with van der Waals surface area (Å²) in [5.74, 6) is 1.04. The van der Waals surface area contributed by atoms with Gasteiger partial charge in [0.15, 0.2) is 0 Å². The molecule has 1 aromatic rings. The standard InChI is InChI=1S/C17H23NO5S/c1-22-15-7-3-13(4-8-15)11-18-10-9-17(16(18)19,14-5-6-14)12-23-24(2,20)21/h3-4,7-8,14H,5-6,9-12H2,1-2H3/t17-/m1/s1. The van der Waals surface area contributed by atoms with Crippen LogP contribution in [0.1, 0.15) is 24.8 Å². The molecule has 6 nitrogen and oxygen atoms in total. The highest BCUT2D eigenvalue weighted by molar-refractivity contribution is 7.85. The molecule has 0 radical (unpaired) electrons. The lowest BCUT2D eigenvalue weighted by Crippen LogP contribution is -2.40. The van der Waals surface area contributed by atoms with Crippen molar-refractivity contribution in [3.05, 3.63) is 29.8 Å². The van der Waals surface area contributed by atoms with Crippen LogP contribution in [0.4, 0.5) is 0 Å². The zero-order valence-electron chi connectivity index (χ0n) is 14.0. The Morgan fingerprint density at radius 3 is 2.46 bits per heavy atom. The van der Waals surface area contributed by atoms with E-state index in [-0.39, 0.29) is 18.4 Å². The second-order valence-electron chi connectivity index (χ2n) is 6.72. The first-order valence-electron chi connectivity index (χ1n) is 8.11. The van der Waals surface area contributed by atoms with E-state index >= 15 is 0 Å². The number of likely N-dealkylation sites (tertiary alicyclic amines) is 1. The van der Waals surface area contributed by atoms with Gasteiger partial charge in [0, 0.05) is 13.1 Å². The highest BCUT2D eigenvalue weighted by Crippen LogP contribution is 2.52. The average Bonchev–Trinajstić information content (AvgIpc) is 3.34. The number of carbonyl (C=O) groups is 1. The molecule has 2 fully saturated rings. The van der Waals surface area contributed by atoms with Crippen molar-refractivity contribution in [2.75, 3.05) is 26.5 Å². The van der Waals surface area contributed by atoms with Crippen LogP contribution < -0.4 is 4.74 Å². The molecule has 0 aromatic heterocycles. The number of rotatable bonds is 7. The summed E-state index contributed by atoms with van der Waals surface area (Å²) in [4.78, 5) is 14.8. The lowest BCUT2D eigenvalue weighted by Gasteiger charge is -2.27. The van der Waals surface area contributed by atoms with Gasteiger partial charge in [0.2, 0.25) is 5.91 Å². The molecule has 1 saturated heterocycles. The van der Waals surface area contributed by atoms with Crippen LogP contribution in [0.15, 0.2) is 24.3 Å². The Morgan fingerprint density at radius 1 is 1.25 bits per heavy atom. The molecule has 0 bridgehead atoms. The molecule has 7 heteroatoms. The summed E-state index contributed by atoms with van der Waals surface area (Å²) in [5, 5.41) is 0. The third kappa shape index (κ3) is 3.57. The van der Waals surface area contributed by atoms with E-state index in [0.29, 0.717) is 19.5 Å². The summed E-state index contributed by atoms with van der Waals surface area (Å²) in [6.45, 7) is 1.12. The van der Waals surface area contributed by atoms with Gasteiger partial charge in [0.25, 0.3) is 10.1 Å². The number of nitrogens with zero attached hydrogens (tertiary/aromatic N) is 1. The van der Waals surface area contributed by atoms with Gasteiger partial charge in [0.05, 0.1) is 25.4 Å². The predicted octanol–water partition coefficient (Wildman–Crippen LogP) is 1.80. The molecule has 0 N–H and O–H groups in total. The van der Waals surface area contributed by atoms with Gasteiger partial charge in [-0.3, -0.25) is 8.98 Å². The van der Waals surface area contributed by atoms with Gasteiger partial charge in [-0.25, -0.2) is 0 Å². The zero-order chi connectivity index (χ0) is 17.4. The van der Waals surface area contributed by atoms with E-state index < -0.39 is 15.5 Å². The lowest BCUT2D eigenvalue weighted by molar-refractivity contribution is -0.139. The lowest BCUT2D eigenvalue weighted by atomic mass is 9.82. The molecule has 0 unspecified atom stereocenters. The molecular formula is C17H23NO5S. The van der Waals surface area contributed by atoms with Gasteiger partial charge < -0.3 is 9.64 Å². The number of benzene rings is 1. The molecule has 1 aromatic carbocycles. The molecule has 3 rings (SSSR count). The topological polar surface area (TPSA) is 72.9 Å². The van der Waals surface area contributed by atoms with Crippen molar-refractivity contribution < 1.29 is 22.1 Å². The fourth-order valence-corrected chi connectivity index (χ4v) is 3.86. The Hall–Kier alpha value is -1.60. The van der Waals surface area contributed by atoms with Crippen LogP contribution in [0.25, 0.3) is 0 Å². The maximum absolute atomic E-state index is 13.0. The Kier molecular flexibility index (Phi) is 4.57. The highest BCUT2D eigenvalue weighted by Gasteiger charge is 2.56. The fourth-order valence-electron chi connectivity index (χ4n) is 3.44. The molecular weight excluding hydrogens is 330 g/mol. The van der Waals surface area contributed by atoms with E-state index in [1.54, 1.807) is 7.11 Å². The summed E-state index contributed by atoms with van der Waals surface area (Å²) in [7, 11) is -1.93. The van der Waals surface area contributed by atoms with Crippen LogP contribution in [0.5, 0.6) is 5.75 Å². The number of ether oxygens (including phenoxy) is 1. The van der Waals surface area contributed by atoms with Crippen LogP contribution in [0.3, 0.4) is 0 Å². The number of carbonyl (C=O) groups excluding carboxylic acids is 1. The van der Waals surface area contributed by atoms with Crippen LogP contribution in [-0.2, 0) is 25.6 Å². The van der Waals surface area contributed by atoms with Gasteiger partial charge in [-0.1, -0.05) is 12.1 Å². The number of hydrogen-bond donors (Lipinski definition) is 0. The summed E-state index contributed by atoms with van der Waals surface area (Å²) in [6.07, 6.45) is 3.62. The third-order valence-electron chi connectivity index (χ3n) is 4.96. The van der Waals surface area contributed by atoms with Gasteiger partial charge in [-0.05, 0) is 42.9 Å². The van der Waals surface area contributed by atoms with Crippen molar-refractivity contribution in [2.24, 2.45) is 11.3 Å². The van der Waals surface area contributed by atoms with Gasteiger partial charge in [0.1, 0.15) is 5.75 Å². The third-order valence-corrected chi connectivity index (χ3v) is 5.51. The molecule has 24 heavy (non-hydrogen) atoms. The maximum atomic E-state index is 13.0. The van der Waals surface area contributed by atoms with E-state index in [4.69, 9.17) is 8.92 Å². The van der Waals surface area contributed by atoms with Crippen molar-refractivity contribution in [2.45, 2.75) is 25.8 Å². The monoisotopic (exact) mass is 353 g/mol. The van der Waals surface area contributed by atoms with E-state index in [9.17, 15) is 13.2 Å². The molecule has 1 saturated carbocycles. The Labute approximate surface area is 142 Å². The molecule has 1 aliphatic heterocycles. The molecule has 132 valence electrons. The first-order valence-corrected chi connectivity index (χ1v) is 9.92. The van der Waals surface area contributed by atoms with Gasteiger partial charge in [-0.15, -0.1) is 0 Å². The first-order chi connectivity index (χ1) is 11.3. The largest absolute Gasteiger partial charge is 0.497 e. The second kappa shape index (κ2) is 6.37. The molecule has 1 atom stereocenters. The number of hydrogen-bond acceptors (Lipinski definition) is 5. The predicted molar refractivity (Wildman–Crippen MR) is 89.0 cm³/mol. The zero-order valence-corrected chi connectivity index (χ0v) is 14.8. The van der Waals surface area contributed by atoms with Gasteiger partial charge >= 0.3 is 0 Å². The van der Waals surface area contributed by atoms with Crippen LogP contribution in [-0.4, -0.2) is 45.7 Å². The minimum absolute atomic E-state index is 0.0180. The van der Waals surface area contributed by atoms with Crippen molar-refractivity contribution in [1.29, 1.82) is 0 Å². The quantitative estimate of drug-likeness (QED) is 0.699. The van der Waals surface area contributed by atoms with Crippen molar-refractivity contribution in [1.82, 2.24) is 4.90 Å². The Morgan fingerprint density at radius 2 is 1.92 bits per heavy atom.